The first-order valence-electron chi connectivity index (χ1n) is 7.39. The lowest BCUT2D eigenvalue weighted by Crippen LogP contribution is -2.42. The van der Waals surface area contributed by atoms with Gasteiger partial charge in [-0.25, -0.2) is 8.42 Å². The van der Waals surface area contributed by atoms with Crippen LogP contribution in [0.25, 0.3) is 0 Å². The summed E-state index contributed by atoms with van der Waals surface area (Å²) in [5.74, 6) is 0.427. The zero-order valence-electron chi connectivity index (χ0n) is 12.5. The first-order valence-corrected chi connectivity index (χ1v) is 9.21. The highest BCUT2D eigenvalue weighted by Crippen LogP contribution is 2.23. The molecule has 1 aliphatic rings. The molecular formula is C15H23ClN2O2S. The molecule has 1 heterocycles. The number of hydrogen-bond acceptors (Lipinski definition) is 3. The average Bonchev–Trinajstić information content (AvgIpc) is 2.46. The molecule has 0 bridgehead atoms. The lowest BCUT2D eigenvalue weighted by molar-refractivity contribution is 0.261. The number of halogens is 1. The molecule has 1 aromatic carbocycles. The maximum Gasteiger partial charge on any atom is 0.243 e. The van der Waals surface area contributed by atoms with Gasteiger partial charge in [0.2, 0.25) is 10.0 Å². The molecule has 1 fully saturated rings. The summed E-state index contributed by atoms with van der Waals surface area (Å²) in [5, 5.41) is 3.86. The fourth-order valence-corrected chi connectivity index (χ4v) is 4.49. The van der Waals surface area contributed by atoms with Crippen molar-refractivity contribution in [3.63, 3.8) is 0 Å². The molecule has 0 amide bonds. The van der Waals surface area contributed by atoms with Crippen molar-refractivity contribution >= 4 is 21.6 Å². The normalized spacial score (nSPS) is 17.6. The fraction of sp³-hybridized carbons (Fsp3) is 0.600. The van der Waals surface area contributed by atoms with Gasteiger partial charge in [0.1, 0.15) is 0 Å². The van der Waals surface area contributed by atoms with Gasteiger partial charge in [0, 0.05) is 17.6 Å². The third-order valence-corrected chi connectivity index (χ3v) is 6.20. The minimum Gasteiger partial charge on any atom is -0.317 e. The summed E-state index contributed by atoms with van der Waals surface area (Å²) in [6, 6.07) is 6.35. The van der Waals surface area contributed by atoms with E-state index < -0.39 is 10.0 Å². The Kier molecular flexibility index (Phi) is 5.66. The van der Waals surface area contributed by atoms with Crippen LogP contribution in [0.15, 0.2) is 29.2 Å². The third-order valence-electron chi connectivity index (χ3n) is 3.89. The first-order chi connectivity index (χ1) is 9.91. The van der Waals surface area contributed by atoms with Crippen molar-refractivity contribution in [2.45, 2.75) is 37.6 Å². The summed E-state index contributed by atoms with van der Waals surface area (Å²) < 4.78 is 27.3. The second kappa shape index (κ2) is 7.09. The van der Waals surface area contributed by atoms with Crippen molar-refractivity contribution in [1.29, 1.82) is 0 Å². The summed E-state index contributed by atoms with van der Waals surface area (Å²) >= 11 is 5.84. The van der Waals surface area contributed by atoms with Gasteiger partial charge < -0.3 is 5.32 Å². The molecule has 1 N–H and O–H groups in total. The van der Waals surface area contributed by atoms with E-state index in [4.69, 9.17) is 11.6 Å². The predicted octanol–water partition coefficient (Wildman–Crippen LogP) is 2.74. The van der Waals surface area contributed by atoms with E-state index in [1.54, 1.807) is 28.6 Å². The Labute approximate surface area is 132 Å². The molecule has 1 aliphatic heterocycles. The van der Waals surface area contributed by atoms with Crippen molar-refractivity contribution in [1.82, 2.24) is 9.62 Å². The Morgan fingerprint density at radius 2 is 1.81 bits per heavy atom. The number of sulfonamides is 1. The standard InChI is InChI=1S/C15H23ClN2O2S/c1-12(2)18(11-13-7-9-17-10-8-13)21(19,20)15-5-3-14(16)4-6-15/h3-6,12-13,17H,7-11H2,1-2H3. The molecule has 0 unspecified atom stereocenters. The molecule has 0 atom stereocenters. The van der Waals surface area contributed by atoms with Crippen LogP contribution in [0.5, 0.6) is 0 Å². The van der Waals surface area contributed by atoms with Crippen molar-refractivity contribution in [3.05, 3.63) is 29.3 Å². The number of hydrogen-bond donors (Lipinski definition) is 1. The predicted molar refractivity (Wildman–Crippen MR) is 86.1 cm³/mol. The molecule has 0 aromatic heterocycles. The fourth-order valence-electron chi connectivity index (χ4n) is 2.65. The summed E-state index contributed by atoms with van der Waals surface area (Å²) in [7, 11) is -3.46. The highest BCUT2D eigenvalue weighted by molar-refractivity contribution is 7.89. The number of nitrogens with zero attached hydrogens (tertiary/aromatic N) is 1. The van der Waals surface area contributed by atoms with Crippen LogP contribution < -0.4 is 5.32 Å². The van der Waals surface area contributed by atoms with Gasteiger partial charge in [0.15, 0.2) is 0 Å². The Hall–Kier alpha value is -0.620. The van der Waals surface area contributed by atoms with Crippen LogP contribution in [0.4, 0.5) is 0 Å². The molecular weight excluding hydrogens is 308 g/mol. The Morgan fingerprint density at radius 1 is 1.24 bits per heavy atom. The minimum atomic E-state index is -3.46. The van der Waals surface area contributed by atoms with E-state index >= 15 is 0 Å². The van der Waals surface area contributed by atoms with Crippen LogP contribution in [0.2, 0.25) is 5.02 Å². The summed E-state index contributed by atoms with van der Waals surface area (Å²) in [6.07, 6.45) is 2.05. The molecule has 1 saturated heterocycles. The van der Waals surface area contributed by atoms with Crippen molar-refractivity contribution in [3.8, 4) is 0 Å². The smallest absolute Gasteiger partial charge is 0.243 e. The Bertz CT molecular complexity index is 552. The van der Waals surface area contributed by atoms with Gasteiger partial charge in [-0.1, -0.05) is 11.6 Å². The molecule has 6 heteroatoms. The van der Waals surface area contributed by atoms with Gasteiger partial charge in [-0.15, -0.1) is 0 Å². The van der Waals surface area contributed by atoms with Crippen molar-refractivity contribution in [2.24, 2.45) is 5.92 Å². The van der Waals surface area contributed by atoms with Gasteiger partial charge in [0.25, 0.3) is 0 Å². The largest absolute Gasteiger partial charge is 0.317 e. The van der Waals surface area contributed by atoms with Gasteiger partial charge in [-0.05, 0) is 70.0 Å². The lowest BCUT2D eigenvalue weighted by atomic mass is 9.98. The van der Waals surface area contributed by atoms with E-state index in [1.807, 2.05) is 13.8 Å². The van der Waals surface area contributed by atoms with Crippen molar-refractivity contribution in [2.75, 3.05) is 19.6 Å². The molecule has 0 radical (unpaired) electrons. The maximum absolute atomic E-state index is 12.8. The van der Waals surface area contributed by atoms with Crippen LogP contribution in [0.3, 0.4) is 0 Å². The van der Waals surface area contributed by atoms with Gasteiger partial charge >= 0.3 is 0 Å². The van der Waals surface area contributed by atoms with Crippen LogP contribution >= 0.6 is 11.6 Å². The third kappa shape index (κ3) is 4.19. The number of piperidine rings is 1. The van der Waals surface area contributed by atoms with Gasteiger partial charge in [0.05, 0.1) is 4.90 Å². The summed E-state index contributed by atoms with van der Waals surface area (Å²) in [5.41, 5.74) is 0. The minimum absolute atomic E-state index is 0.0550. The van der Waals surface area contributed by atoms with Crippen LogP contribution in [0.1, 0.15) is 26.7 Å². The molecule has 4 nitrogen and oxygen atoms in total. The van der Waals surface area contributed by atoms with E-state index in [-0.39, 0.29) is 6.04 Å². The number of nitrogens with one attached hydrogen (secondary N) is 1. The monoisotopic (exact) mass is 330 g/mol. The van der Waals surface area contributed by atoms with Crippen molar-refractivity contribution < 1.29 is 8.42 Å². The second-order valence-corrected chi connectivity index (χ2v) is 8.14. The zero-order chi connectivity index (χ0) is 15.5. The van der Waals surface area contributed by atoms with E-state index in [2.05, 4.69) is 5.32 Å². The van der Waals surface area contributed by atoms with Crippen LogP contribution in [-0.4, -0.2) is 38.4 Å². The number of benzene rings is 1. The van der Waals surface area contributed by atoms with E-state index in [0.717, 1.165) is 25.9 Å². The SMILES string of the molecule is CC(C)N(CC1CCNCC1)S(=O)(=O)c1ccc(Cl)cc1. The number of rotatable bonds is 5. The topological polar surface area (TPSA) is 49.4 Å². The molecule has 0 saturated carbocycles. The van der Waals surface area contributed by atoms with E-state index in [0.29, 0.717) is 22.4 Å². The lowest BCUT2D eigenvalue weighted by Gasteiger charge is -2.32. The zero-order valence-corrected chi connectivity index (χ0v) is 14.1. The van der Waals surface area contributed by atoms with Crippen LogP contribution in [0, 0.1) is 5.92 Å². The Balaban J connectivity index is 2.21. The highest BCUT2D eigenvalue weighted by atomic mass is 35.5. The highest BCUT2D eigenvalue weighted by Gasteiger charge is 2.29. The molecule has 0 spiro atoms. The second-order valence-electron chi connectivity index (χ2n) is 5.82. The molecule has 1 aromatic rings. The molecule has 118 valence electrons. The molecule has 21 heavy (non-hydrogen) atoms. The first kappa shape index (κ1) is 16.7. The van der Waals surface area contributed by atoms with E-state index in [9.17, 15) is 8.42 Å². The van der Waals surface area contributed by atoms with Gasteiger partial charge in [-0.2, -0.15) is 4.31 Å². The molecule has 0 aliphatic carbocycles. The average molecular weight is 331 g/mol. The Morgan fingerprint density at radius 3 is 2.33 bits per heavy atom. The van der Waals surface area contributed by atoms with E-state index in [1.165, 1.54) is 0 Å². The summed E-state index contributed by atoms with van der Waals surface area (Å²) in [4.78, 5) is 0.314. The van der Waals surface area contributed by atoms with Gasteiger partial charge in [-0.3, -0.25) is 0 Å². The molecule has 2 rings (SSSR count). The summed E-state index contributed by atoms with van der Waals surface area (Å²) in [6.45, 7) is 6.38. The maximum atomic E-state index is 12.8. The van der Waals surface area contributed by atoms with Crippen LogP contribution in [-0.2, 0) is 10.0 Å². The quantitative estimate of drug-likeness (QED) is 0.903.